The van der Waals surface area contributed by atoms with E-state index in [-0.39, 0.29) is 17.6 Å². The van der Waals surface area contributed by atoms with Gasteiger partial charge in [0.25, 0.3) is 5.56 Å². The lowest BCUT2D eigenvalue weighted by atomic mass is 10.1. The number of anilines is 1. The lowest BCUT2D eigenvalue weighted by molar-refractivity contribution is 0.171. The number of rotatable bonds is 10. The number of hydrogen-bond acceptors (Lipinski definition) is 4. The summed E-state index contributed by atoms with van der Waals surface area (Å²) in [4.78, 5) is 35.7. The van der Waals surface area contributed by atoms with Crippen molar-refractivity contribution in [3.63, 3.8) is 0 Å². The molecule has 7 nitrogen and oxygen atoms in total. The predicted molar refractivity (Wildman–Crippen MR) is 139 cm³/mol. The van der Waals surface area contributed by atoms with Crippen LogP contribution in [-0.2, 0) is 13.0 Å². The van der Waals surface area contributed by atoms with Crippen LogP contribution in [0.25, 0.3) is 10.9 Å². The van der Waals surface area contributed by atoms with E-state index in [0.29, 0.717) is 42.8 Å². The van der Waals surface area contributed by atoms with Gasteiger partial charge in [-0.05, 0) is 63.2 Å². The number of aryl methyl sites for hydroxylation is 1. The van der Waals surface area contributed by atoms with Crippen LogP contribution in [-0.4, -0.2) is 52.6 Å². The van der Waals surface area contributed by atoms with Gasteiger partial charge in [-0.3, -0.25) is 9.36 Å². The average Bonchev–Trinajstić information content (AvgIpc) is 2.84. The Morgan fingerprint density at radius 3 is 2.35 bits per heavy atom. The highest BCUT2D eigenvalue weighted by molar-refractivity contribution is 5.89. The molecule has 0 aliphatic heterocycles. The van der Waals surface area contributed by atoms with Crippen molar-refractivity contribution < 1.29 is 4.79 Å². The minimum Gasteiger partial charge on any atom is -0.313 e. The van der Waals surface area contributed by atoms with Crippen LogP contribution in [0.4, 0.5) is 10.5 Å². The number of carbonyl (C=O) groups is 1. The van der Waals surface area contributed by atoms with Crippen molar-refractivity contribution in [1.82, 2.24) is 19.4 Å². The fourth-order valence-electron chi connectivity index (χ4n) is 4.15. The van der Waals surface area contributed by atoms with Crippen molar-refractivity contribution in [1.29, 1.82) is 0 Å². The number of nitrogens with zero attached hydrogens (tertiary/aromatic N) is 4. The van der Waals surface area contributed by atoms with Gasteiger partial charge in [-0.2, -0.15) is 0 Å². The third kappa shape index (κ3) is 5.83. The Morgan fingerprint density at radius 1 is 1.03 bits per heavy atom. The number of nitrogens with one attached hydrogen (secondary N) is 1. The zero-order valence-electron chi connectivity index (χ0n) is 21.0. The highest BCUT2D eigenvalue weighted by Gasteiger charge is 2.28. The van der Waals surface area contributed by atoms with E-state index in [9.17, 15) is 9.59 Å². The largest absolute Gasteiger partial charge is 0.322 e. The lowest BCUT2D eigenvalue weighted by Gasteiger charge is -2.33. The molecule has 7 heteroatoms. The second-order valence-corrected chi connectivity index (χ2v) is 8.85. The highest BCUT2D eigenvalue weighted by atomic mass is 16.2. The predicted octanol–water partition coefficient (Wildman–Crippen LogP) is 4.92. The zero-order valence-corrected chi connectivity index (χ0v) is 21.0. The fraction of sp³-hybridized carbons (Fsp3) is 0.444. The molecule has 0 bridgehead atoms. The van der Waals surface area contributed by atoms with Crippen LogP contribution in [0, 0.1) is 0 Å². The Kier molecular flexibility index (Phi) is 8.82. The minimum absolute atomic E-state index is 0.0518. The van der Waals surface area contributed by atoms with E-state index < -0.39 is 0 Å². The number of likely N-dealkylation sites (N-methyl/N-ethyl adjacent to an activating group) is 1. The summed E-state index contributed by atoms with van der Waals surface area (Å²) < 4.78 is 1.75. The van der Waals surface area contributed by atoms with Crippen LogP contribution in [0.2, 0.25) is 0 Å². The summed E-state index contributed by atoms with van der Waals surface area (Å²) in [5, 5.41) is 3.66. The Bertz CT molecular complexity index is 1150. The van der Waals surface area contributed by atoms with E-state index in [4.69, 9.17) is 4.98 Å². The molecule has 2 amide bonds. The first-order valence-electron chi connectivity index (χ1n) is 12.2. The van der Waals surface area contributed by atoms with Gasteiger partial charge >= 0.3 is 6.03 Å². The van der Waals surface area contributed by atoms with Crippen LogP contribution < -0.4 is 10.9 Å². The molecule has 1 heterocycles. The summed E-state index contributed by atoms with van der Waals surface area (Å²) in [6.07, 6.45) is 2.39. The van der Waals surface area contributed by atoms with Gasteiger partial charge < -0.3 is 15.1 Å². The quantitative estimate of drug-likeness (QED) is 0.464. The van der Waals surface area contributed by atoms with E-state index in [0.717, 1.165) is 18.5 Å². The van der Waals surface area contributed by atoms with E-state index >= 15 is 0 Å². The van der Waals surface area contributed by atoms with Crippen LogP contribution in [0.1, 0.15) is 51.0 Å². The molecular formula is C27H37N5O2. The molecule has 34 heavy (non-hydrogen) atoms. The number of para-hydroxylation sites is 1. The number of aromatic nitrogens is 2. The Balaban J connectivity index is 2.04. The van der Waals surface area contributed by atoms with Crippen molar-refractivity contribution in [2.24, 2.45) is 0 Å². The summed E-state index contributed by atoms with van der Waals surface area (Å²) >= 11 is 0. The van der Waals surface area contributed by atoms with Crippen LogP contribution in [0.3, 0.4) is 0 Å². The second-order valence-electron chi connectivity index (χ2n) is 8.85. The van der Waals surface area contributed by atoms with Gasteiger partial charge in [-0.25, -0.2) is 9.78 Å². The highest BCUT2D eigenvalue weighted by Crippen LogP contribution is 2.25. The molecule has 0 saturated carbocycles. The van der Waals surface area contributed by atoms with Crippen molar-refractivity contribution in [3.8, 4) is 0 Å². The van der Waals surface area contributed by atoms with Crippen molar-refractivity contribution in [3.05, 3.63) is 70.3 Å². The molecule has 182 valence electrons. The normalized spacial score (nSPS) is 12.2. The second kappa shape index (κ2) is 11.8. The molecule has 0 fully saturated rings. The Morgan fingerprint density at radius 2 is 1.74 bits per heavy atom. The molecule has 0 saturated heterocycles. The molecule has 0 spiro atoms. The monoisotopic (exact) mass is 463 g/mol. The van der Waals surface area contributed by atoms with E-state index in [1.807, 2.05) is 81.4 Å². The van der Waals surface area contributed by atoms with Crippen LogP contribution in [0.5, 0.6) is 0 Å². The average molecular weight is 464 g/mol. The summed E-state index contributed by atoms with van der Waals surface area (Å²) in [6, 6.07) is 14.8. The summed E-state index contributed by atoms with van der Waals surface area (Å²) in [5.41, 5.74) is 2.59. The van der Waals surface area contributed by atoms with Crippen LogP contribution >= 0.6 is 0 Å². The first-order chi connectivity index (χ1) is 16.4. The maximum Gasteiger partial charge on any atom is 0.322 e. The third-order valence-corrected chi connectivity index (χ3v) is 6.06. The first kappa shape index (κ1) is 25.4. The standard InChI is InChI=1S/C27H37N5O2/c1-6-17-32-25(29-23-12-10-9-11-22(23)26(32)33)24(8-3)31(19-18-30(4)5)27(34)28-21-15-13-20(7-2)14-16-21/h9-16,24H,6-8,17-19H2,1-5H3,(H,28,34). The molecule has 1 atom stereocenters. The van der Waals surface area contributed by atoms with Gasteiger partial charge in [0.1, 0.15) is 5.82 Å². The molecule has 3 rings (SSSR count). The minimum atomic E-state index is -0.335. The van der Waals surface area contributed by atoms with Crippen molar-refractivity contribution >= 4 is 22.6 Å². The van der Waals surface area contributed by atoms with E-state index in [1.165, 1.54) is 5.56 Å². The number of carbonyl (C=O) groups excluding carboxylic acids is 1. The summed E-state index contributed by atoms with van der Waals surface area (Å²) in [6.45, 7) is 7.96. The van der Waals surface area contributed by atoms with Gasteiger partial charge in [0.2, 0.25) is 0 Å². The number of amides is 2. The van der Waals surface area contributed by atoms with E-state index in [1.54, 1.807) is 4.57 Å². The molecule has 0 aliphatic rings. The Hall–Kier alpha value is -3.19. The summed E-state index contributed by atoms with van der Waals surface area (Å²) in [5.74, 6) is 0.642. The molecular weight excluding hydrogens is 426 g/mol. The summed E-state index contributed by atoms with van der Waals surface area (Å²) in [7, 11) is 3.98. The zero-order chi connectivity index (χ0) is 24.7. The first-order valence-corrected chi connectivity index (χ1v) is 12.2. The van der Waals surface area contributed by atoms with Gasteiger partial charge in [0.15, 0.2) is 0 Å². The molecule has 2 aromatic carbocycles. The molecule has 1 unspecified atom stereocenters. The molecule has 1 N–H and O–H groups in total. The topological polar surface area (TPSA) is 70.5 Å². The van der Waals surface area contributed by atoms with Gasteiger partial charge in [0, 0.05) is 25.3 Å². The number of fused-ring (bicyclic) bond motifs is 1. The molecule has 1 aromatic heterocycles. The molecule has 0 aliphatic carbocycles. The lowest BCUT2D eigenvalue weighted by Crippen LogP contribution is -2.44. The maximum atomic E-state index is 13.6. The fourth-order valence-corrected chi connectivity index (χ4v) is 4.15. The maximum absolute atomic E-state index is 13.6. The molecule has 0 radical (unpaired) electrons. The van der Waals surface area contributed by atoms with E-state index in [2.05, 4.69) is 17.1 Å². The van der Waals surface area contributed by atoms with Crippen LogP contribution in [0.15, 0.2) is 53.3 Å². The van der Waals surface area contributed by atoms with Gasteiger partial charge in [-0.1, -0.05) is 45.0 Å². The smallest absolute Gasteiger partial charge is 0.313 e. The van der Waals surface area contributed by atoms with Gasteiger partial charge in [0.05, 0.1) is 16.9 Å². The van der Waals surface area contributed by atoms with Crippen molar-refractivity contribution in [2.45, 2.75) is 52.6 Å². The number of benzene rings is 2. The number of urea groups is 1. The third-order valence-electron chi connectivity index (χ3n) is 6.06. The SMILES string of the molecule is CCCn1c(C(CC)N(CCN(C)C)C(=O)Nc2ccc(CC)cc2)nc2ccccc2c1=O. The number of hydrogen-bond donors (Lipinski definition) is 1. The molecule has 3 aromatic rings. The van der Waals surface area contributed by atoms with Gasteiger partial charge in [-0.15, -0.1) is 0 Å². The Labute approximate surface area is 202 Å². The van der Waals surface area contributed by atoms with Crippen molar-refractivity contribution in [2.75, 3.05) is 32.5 Å².